The van der Waals surface area contributed by atoms with Crippen molar-refractivity contribution in [3.05, 3.63) is 45.7 Å². The van der Waals surface area contributed by atoms with Gasteiger partial charge in [-0.25, -0.2) is 9.37 Å². The number of aromatic nitrogens is 1. The first-order valence-corrected chi connectivity index (χ1v) is 6.69. The third-order valence-corrected chi connectivity index (χ3v) is 3.43. The second kappa shape index (κ2) is 6.28. The lowest BCUT2D eigenvalue weighted by atomic mass is 10.1. The molecule has 1 heterocycles. The van der Waals surface area contributed by atoms with E-state index in [2.05, 4.69) is 22.1 Å². The zero-order valence-electron chi connectivity index (χ0n) is 10.7. The minimum absolute atomic E-state index is 0.165. The number of rotatable bonds is 2. The van der Waals surface area contributed by atoms with Gasteiger partial charge in [-0.2, -0.15) is 0 Å². The number of amides is 1. The summed E-state index contributed by atoms with van der Waals surface area (Å²) in [7, 11) is 0. The molecule has 2 aromatic rings. The molecule has 0 bridgehead atoms. The van der Waals surface area contributed by atoms with Crippen LogP contribution in [0.5, 0.6) is 0 Å². The van der Waals surface area contributed by atoms with Gasteiger partial charge in [0.1, 0.15) is 10.7 Å². The Morgan fingerprint density at radius 3 is 3.00 bits per heavy atom. The molecule has 3 N–H and O–H groups in total. The Morgan fingerprint density at radius 1 is 1.55 bits per heavy atom. The van der Waals surface area contributed by atoms with E-state index in [9.17, 15) is 9.18 Å². The van der Waals surface area contributed by atoms with Crippen LogP contribution in [0, 0.1) is 24.6 Å². The van der Waals surface area contributed by atoms with E-state index in [4.69, 9.17) is 5.73 Å². The highest BCUT2D eigenvalue weighted by molar-refractivity contribution is 7.12. The molecule has 0 atom stereocenters. The molecule has 0 saturated heterocycles. The summed E-state index contributed by atoms with van der Waals surface area (Å²) in [5.41, 5.74) is 8.40. The smallest absolute Gasteiger partial charge is 0.267 e. The van der Waals surface area contributed by atoms with Crippen molar-refractivity contribution in [3.63, 3.8) is 0 Å². The Balaban J connectivity index is 2.29. The monoisotopic (exact) mass is 289 g/mol. The molecule has 102 valence electrons. The lowest BCUT2D eigenvalue weighted by molar-refractivity contribution is 0.102. The zero-order chi connectivity index (χ0) is 14.5. The maximum atomic E-state index is 13.2. The van der Waals surface area contributed by atoms with Crippen LogP contribution in [0.2, 0.25) is 0 Å². The molecule has 0 aliphatic heterocycles. The van der Waals surface area contributed by atoms with E-state index in [0.29, 0.717) is 21.8 Å². The first-order chi connectivity index (χ1) is 9.61. The van der Waals surface area contributed by atoms with Crippen LogP contribution in [0.25, 0.3) is 0 Å². The molecule has 0 aliphatic carbocycles. The van der Waals surface area contributed by atoms with E-state index in [-0.39, 0.29) is 12.5 Å². The fourth-order valence-electron chi connectivity index (χ4n) is 1.57. The lowest BCUT2D eigenvalue weighted by Crippen LogP contribution is -2.12. The number of nitrogens with zero attached hydrogens (tertiary/aromatic N) is 1. The van der Waals surface area contributed by atoms with Gasteiger partial charge in [0.05, 0.1) is 29.0 Å². The summed E-state index contributed by atoms with van der Waals surface area (Å²) in [6, 6.07) is 4.00. The number of halogens is 1. The van der Waals surface area contributed by atoms with Gasteiger partial charge in [-0.3, -0.25) is 4.79 Å². The van der Waals surface area contributed by atoms with Crippen molar-refractivity contribution >= 4 is 22.9 Å². The Hall–Kier alpha value is -2.23. The topological polar surface area (TPSA) is 68.0 Å². The first-order valence-electron chi connectivity index (χ1n) is 5.81. The van der Waals surface area contributed by atoms with Gasteiger partial charge in [-0.1, -0.05) is 11.8 Å². The molecule has 0 spiro atoms. The number of anilines is 1. The summed E-state index contributed by atoms with van der Waals surface area (Å²) >= 11 is 1.25. The summed E-state index contributed by atoms with van der Waals surface area (Å²) in [4.78, 5) is 16.6. The van der Waals surface area contributed by atoms with Crippen LogP contribution in [0.15, 0.2) is 23.7 Å². The zero-order valence-corrected chi connectivity index (χ0v) is 11.6. The third-order valence-electron chi connectivity index (χ3n) is 2.51. The predicted octanol–water partition coefficient (Wildman–Crippen LogP) is 2.15. The van der Waals surface area contributed by atoms with E-state index in [1.807, 2.05) is 0 Å². The molecule has 2 rings (SSSR count). The highest BCUT2D eigenvalue weighted by Crippen LogP contribution is 2.19. The molecule has 0 radical (unpaired) electrons. The lowest BCUT2D eigenvalue weighted by Gasteiger charge is -2.07. The Bertz CT molecular complexity index is 700. The van der Waals surface area contributed by atoms with Gasteiger partial charge in [0.15, 0.2) is 0 Å². The Morgan fingerprint density at radius 2 is 2.35 bits per heavy atom. The molecule has 6 heteroatoms. The van der Waals surface area contributed by atoms with Crippen LogP contribution in [0.3, 0.4) is 0 Å². The molecule has 1 aromatic carbocycles. The number of nitrogens with two attached hydrogens (primary N) is 1. The molecule has 4 nitrogen and oxygen atoms in total. The number of hydrogen-bond acceptors (Lipinski definition) is 4. The largest absolute Gasteiger partial charge is 0.320 e. The number of thiazole rings is 1. The summed E-state index contributed by atoms with van der Waals surface area (Å²) in [6.07, 6.45) is 0. The summed E-state index contributed by atoms with van der Waals surface area (Å²) in [6.45, 7) is 1.92. The molecule has 0 fully saturated rings. The molecular weight excluding hydrogens is 277 g/mol. The number of benzene rings is 1. The molecule has 0 aliphatic rings. The van der Waals surface area contributed by atoms with Crippen LogP contribution < -0.4 is 11.1 Å². The van der Waals surface area contributed by atoms with Crippen molar-refractivity contribution in [3.8, 4) is 11.8 Å². The van der Waals surface area contributed by atoms with Gasteiger partial charge in [0, 0.05) is 0 Å². The van der Waals surface area contributed by atoms with Crippen molar-refractivity contribution in [1.29, 1.82) is 0 Å². The van der Waals surface area contributed by atoms with Gasteiger partial charge in [0.2, 0.25) is 0 Å². The standard InChI is InChI=1S/C14H12FN3OS/c1-9-13(20-8-17-9)14(19)18-12-5-4-11(15)7-10(12)3-2-6-16/h4-5,7-8H,6,16H2,1H3,(H,18,19). The van der Waals surface area contributed by atoms with Gasteiger partial charge in [0.25, 0.3) is 5.91 Å². The normalized spacial score (nSPS) is 9.75. The number of hydrogen-bond donors (Lipinski definition) is 2. The second-order valence-electron chi connectivity index (χ2n) is 3.92. The minimum atomic E-state index is -0.418. The number of carbonyl (C=O) groups is 1. The van der Waals surface area contributed by atoms with Crippen LogP contribution >= 0.6 is 11.3 Å². The van der Waals surface area contributed by atoms with Crippen LogP contribution in [-0.2, 0) is 0 Å². The first kappa shape index (κ1) is 14.2. The summed E-state index contributed by atoms with van der Waals surface area (Å²) < 4.78 is 13.2. The average molecular weight is 289 g/mol. The summed E-state index contributed by atoms with van der Waals surface area (Å²) in [5.74, 6) is 4.68. The minimum Gasteiger partial charge on any atom is -0.320 e. The van der Waals surface area contributed by atoms with Crippen LogP contribution in [0.4, 0.5) is 10.1 Å². The van der Waals surface area contributed by atoms with E-state index in [0.717, 1.165) is 0 Å². The highest BCUT2D eigenvalue weighted by Gasteiger charge is 2.13. The molecule has 0 saturated carbocycles. The maximum Gasteiger partial charge on any atom is 0.267 e. The highest BCUT2D eigenvalue weighted by atomic mass is 32.1. The van der Waals surface area contributed by atoms with Crippen molar-refractivity contribution in [2.75, 3.05) is 11.9 Å². The Kier molecular flexibility index (Phi) is 4.45. The van der Waals surface area contributed by atoms with Gasteiger partial charge in [-0.05, 0) is 25.1 Å². The fourth-order valence-corrected chi connectivity index (χ4v) is 2.27. The van der Waals surface area contributed by atoms with Crippen molar-refractivity contribution in [1.82, 2.24) is 4.98 Å². The van der Waals surface area contributed by atoms with Crippen molar-refractivity contribution in [2.24, 2.45) is 5.73 Å². The van der Waals surface area contributed by atoms with E-state index in [1.54, 1.807) is 12.4 Å². The molecular formula is C14H12FN3OS. The number of nitrogens with one attached hydrogen (secondary N) is 1. The molecule has 1 aromatic heterocycles. The number of aryl methyl sites for hydroxylation is 1. The van der Waals surface area contributed by atoms with Crippen LogP contribution in [-0.4, -0.2) is 17.4 Å². The fraction of sp³-hybridized carbons (Fsp3) is 0.143. The van der Waals surface area contributed by atoms with Gasteiger partial charge < -0.3 is 11.1 Å². The second-order valence-corrected chi connectivity index (χ2v) is 4.77. The van der Waals surface area contributed by atoms with Crippen molar-refractivity contribution in [2.45, 2.75) is 6.92 Å². The van der Waals surface area contributed by atoms with Gasteiger partial charge in [-0.15, -0.1) is 11.3 Å². The quantitative estimate of drug-likeness (QED) is 0.832. The molecule has 0 unspecified atom stereocenters. The van der Waals surface area contributed by atoms with E-state index < -0.39 is 5.82 Å². The average Bonchev–Trinajstić information content (AvgIpc) is 2.85. The summed E-state index contributed by atoms with van der Waals surface area (Å²) in [5, 5.41) is 2.71. The molecule has 20 heavy (non-hydrogen) atoms. The van der Waals surface area contributed by atoms with E-state index in [1.165, 1.54) is 29.5 Å². The maximum absolute atomic E-state index is 13.2. The van der Waals surface area contributed by atoms with Crippen molar-refractivity contribution < 1.29 is 9.18 Å². The third kappa shape index (κ3) is 3.20. The number of carbonyl (C=O) groups excluding carboxylic acids is 1. The van der Waals surface area contributed by atoms with Crippen LogP contribution in [0.1, 0.15) is 20.9 Å². The van der Waals surface area contributed by atoms with E-state index >= 15 is 0 Å². The Labute approximate surface area is 119 Å². The van der Waals surface area contributed by atoms with Gasteiger partial charge >= 0.3 is 0 Å². The predicted molar refractivity (Wildman–Crippen MR) is 77.1 cm³/mol. The SMILES string of the molecule is Cc1ncsc1C(=O)Nc1ccc(F)cc1C#CCN. The molecule has 1 amide bonds.